The van der Waals surface area contributed by atoms with Crippen molar-refractivity contribution >= 4 is 17.7 Å². The molecule has 6 heteroatoms. The van der Waals surface area contributed by atoms with Crippen LogP contribution < -0.4 is 16.4 Å². The second-order valence-electron chi connectivity index (χ2n) is 4.57. The summed E-state index contributed by atoms with van der Waals surface area (Å²) < 4.78 is 0. The van der Waals surface area contributed by atoms with Gasteiger partial charge in [0.2, 0.25) is 17.7 Å². The molecule has 4 N–H and O–H groups in total. The average Bonchev–Trinajstić information content (AvgIpc) is 2.22. The molecule has 1 saturated heterocycles. The zero-order valence-electron chi connectivity index (χ0n) is 9.50. The molecule has 1 fully saturated rings. The van der Waals surface area contributed by atoms with Gasteiger partial charge in [-0.15, -0.1) is 0 Å². The fourth-order valence-corrected chi connectivity index (χ4v) is 1.28. The van der Waals surface area contributed by atoms with E-state index in [4.69, 9.17) is 5.73 Å². The first-order chi connectivity index (χ1) is 7.36. The lowest BCUT2D eigenvalue weighted by atomic mass is 9.91. The lowest BCUT2D eigenvalue weighted by Crippen LogP contribution is -2.55. The van der Waals surface area contributed by atoms with Crippen LogP contribution in [-0.4, -0.2) is 30.3 Å². The van der Waals surface area contributed by atoms with Crippen LogP contribution in [0.5, 0.6) is 0 Å². The Balaban J connectivity index is 2.58. The van der Waals surface area contributed by atoms with Crippen LogP contribution in [0.1, 0.15) is 26.7 Å². The van der Waals surface area contributed by atoms with Crippen molar-refractivity contribution < 1.29 is 14.4 Å². The maximum absolute atomic E-state index is 11.7. The largest absolute Gasteiger partial charge is 0.344 e. The Morgan fingerprint density at radius 1 is 1.56 bits per heavy atom. The van der Waals surface area contributed by atoms with E-state index in [-0.39, 0.29) is 24.8 Å². The Hall–Kier alpha value is -1.43. The highest BCUT2D eigenvalue weighted by Gasteiger charge is 2.32. The van der Waals surface area contributed by atoms with Crippen molar-refractivity contribution in [3.8, 4) is 0 Å². The van der Waals surface area contributed by atoms with Crippen LogP contribution in [0, 0.1) is 5.41 Å². The van der Waals surface area contributed by atoms with Crippen molar-refractivity contribution in [1.82, 2.24) is 10.6 Å². The molecule has 1 rings (SSSR count). The molecule has 1 atom stereocenters. The van der Waals surface area contributed by atoms with E-state index in [0.717, 1.165) is 0 Å². The number of piperidine rings is 1. The van der Waals surface area contributed by atoms with Gasteiger partial charge in [0.1, 0.15) is 6.04 Å². The predicted octanol–water partition coefficient (Wildman–Crippen LogP) is -1.11. The zero-order valence-corrected chi connectivity index (χ0v) is 9.50. The van der Waals surface area contributed by atoms with E-state index in [0.29, 0.717) is 6.42 Å². The smallest absolute Gasteiger partial charge is 0.249 e. The second-order valence-corrected chi connectivity index (χ2v) is 4.57. The number of nitrogens with one attached hydrogen (secondary N) is 2. The number of carbonyl (C=O) groups excluding carboxylic acids is 3. The number of carbonyl (C=O) groups is 3. The Morgan fingerprint density at radius 2 is 2.19 bits per heavy atom. The molecule has 0 aromatic rings. The van der Waals surface area contributed by atoms with Crippen LogP contribution >= 0.6 is 0 Å². The number of nitrogens with two attached hydrogens (primary N) is 1. The highest BCUT2D eigenvalue weighted by atomic mass is 16.2. The van der Waals surface area contributed by atoms with Gasteiger partial charge in [0.15, 0.2) is 0 Å². The van der Waals surface area contributed by atoms with Gasteiger partial charge in [-0.1, -0.05) is 0 Å². The van der Waals surface area contributed by atoms with Crippen molar-refractivity contribution in [3.63, 3.8) is 0 Å². The van der Waals surface area contributed by atoms with E-state index in [1.807, 2.05) is 0 Å². The number of amides is 3. The summed E-state index contributed by atoms with van der Waals surface area (Å²) in [7, 11) is 0. The predicted molar refractivity (Wildman–Crippen MR) is 57.1 cm³/mol. The van der Waals surface area contributed by atoms with Crippen molar-refractivity contribution in [2.45, 2.75) is 32.7 Å². The maximum atomic E-state index is 11.7. The minimum absolute atomic E-state index is 0.200. The molecule has 0 aliphatic carbocycles. The molecule has 1 unspecified atom stereocenters. The zero-order chi connectivity index (χ0) is 12.3. The van der Waals surface area contributed by atoms with Crippen LogP contribution in [0.25, 0.3) is 0 Å². The highest BCUT2D eigenvalue weighted by Crippen LogP contribution is 2.14. The molecule has 1 aliphatic rings. The molecule has 0 spiro atoms. The molecule has 1 heterocycles. The summed E-state index contributed by atoms with van der Waals surface area (Å²) in [5, 5.41) is 4.78. The molecule has 90 valence electrons. The van der Waals surface area contributed by atoms with Gasteiger partial charge in [0.25, 0.3) is 0 Å². The quantitative estimate of drug-likeness (QED) is 0.532. The summed E-state index contributed by atoms with van der Waals surface area (Å²) >= 11 is 0. The SMILES string of the molecule is CC(C)(CN)C(=O)NC1CCC(=O)NC1=O. The molecular formula is C10H17N3O3. The van der Waals surface area contributed by atoms with Gasteiger partial charge in [-0.3, -0.25) is 19.7 Å². The van der Waals surface area contributed by atoms with Crippen LogP contribution in [-0.2, 0) is 14.4 Å². The average molecular weight is 227 g/mol. The topological polar surface area (TPSA) is 101 Å². The summed E-state index contributed by atoms with van der Waals surface area (Å²) in [5.74, 6) is -1.02. The Morgan fingerprint density at radius 3 is 2.69 bits per heavy atom. The number of rotatable bonds is 3. The number of hydrogen-bond donors (Lipinski definition) is 3. The summed E-state index contributed by atoms with van der Waals surface area (Å²) in [6.07, 6.45) is 0.594. The van der Waals surface area contributed by atoms with Crippen molar-refractivity contribution in [2.75, 3.05) is 6.54 Å². The molecule has 0 radical (unpaired) electrons. The number of imide groups is 1. The van der Waals surface area contributed by atoms with Gasteiger partial charge >= 0.3 is 0 Å². The fraction of sp³-hybridized carbons (Fsp3) is 0.700. The molecule has 6 nitrogen and oxygen atoms in total. The minimum atomic E-state index is -0.707. The summed E-state index contributed by atoms with van der Waals surface area (Å²) in [6, 6.07) is -0.629. The lowest BCUT2D eigenvalue weighted by Gasteiger charge is -2.27. The van der Waals surface area contributed by atoms with Crippen molar-refractivity contribution in [2.24, 2.45) is 11.1 Å². The van der Waals surface area contributed by atoms with E-state index >= 15 is 0 Å². The third kappa shape index (κ3) is 2.79. The molecular weight excluding hydrogens is 210 g/mol. The molecule has 16 heavy (non-hydrogen) atoms. The molecule has 0 aromatic heterocycles. The monoisotopic (exact) mass is 227 g/mol. The van der Waals surface area contributed by atoms with Crippen LogP contribution in [0.4, 0.5) is 0 Å². The van der Waals surface area contributed by atoms with Crippen LogP contribution in [0.2, 0.25) is 0 Å². The highest BCUT2D eigenvalue weighted by molar-refractivity contribution is 6.02. The molecule has 3 amide bonds. The van der Waals surface area contributed by atoms with Gasteiger partial charge in [-0.2, -0.15) is 0 Å². The summed E-state index contributed by atoms with van der Waals surface area (Å²) in [6.45, 7) is 3.61. The minimum Gasteiger partial charge on any atom is -0.344 e. The summed E-state index contributed by atoms with van der Waals surface area (Å²) in [5.41, 5.74) is 4.75. The van der Waals surface area contributed by atoms with E-state index in [9.17, 15) is 14.4 Å². The van der Waals surface area contributed by atoms with Crippen LogP contribution in [0.3, 0.4) is 0 Å². The van der Waals surface area contributed by atoms with E-state index in [1.54, 1.807) is 13.8 Å². The lowest BCUT2D eigenvalue weighted by molar-refractivity contribution is -0.139. The van der Waals surface area contributed by atoms with Crippen LogP contribution in [0.15, 0.2) is 0 Å². The first kappa shape index (κ1) is 12.6. The molecule has 0 saturated carbocycles. The fourth-order valence-electron chi connectivity index (χ4n) is 1.28. The first-order valence-electron chi connectivity index (χ1n) is 5.21. The third-order valence-electron chi connectivity index (χ3n) is 2.67. The van der Waals surface area contributed by atoms with Crippen molar-refractivity contribution in [1.29, 1.82) is 0 Å². The van der Waals surface area contributed by atoms with E-state index in [2.05, 4.69) is 10.6 Å². The number of hydrogen-bond acceptors (Lipinski definition) is 4. The Bertz CT molecular complexity index is 325. The van der Waals surface area contributed by atoms with Gasteiger partial charge in [-0.05, 0) is 20.3 Å². The molecule has 0 bridgehead atoms. The molecule has 1 aliphatic heterocycles. The van der Waals surface area contributed by atoms with E-state index < -0.39 is 17.4 Å². The standard InChI is InChI=1S/C10H17N3O3/c1-10(2,5-11)9(16)12-6-3-4-7(14)13-8(6)15/h6H,3-5,11H2,1-2H3,(H,12,16)(H,13,14,15). The normalized spacial score (nSPS) is 21.6. The van der Waals surface area contributed by atoms with Gasteiger partial charge in [0, 0.05) is 13.0 Å². The third-order valence-corrected chi connectivity index (χ3v) is 2.67. The molecule has 0 aromatic carbocycles. The Kier molecular flexibility index (Phi) is 3.64. The summed E-state index contributed by atoms with van der Waals surface area (Å²) in [4.78, 5) is 34.0. The van der Waals surface area contributed by atoms with E-state index in [1.165, 1.54) is 0 Å². The van der Waals surface area contributed by atoms with Gasteiger partial charge in [-0.25, -0.2) is 0 Å². The maximum Gasteiger partial charge on any atom is 0.249 e. The Labute approximate surface area is 93.9 Å². The second kappa shape index (κ2) is 4.61. The van der Waals surface area contributed by atoms with Crippen molar-refractivity contribution in [3.05, 3.63) is 0 Å². The van der Waals surface area contributed by atoms with Gasteiger partial charge in [0.05, 0.1) is 5.41 Å². The van der Waals surface area contributed by atoms with Gasteiger partial charge < -0.3 is 11.1 Å². The first-order valence-corrected chi connectivity index (χ1v) is 5.21.